The lowest BCUT2D eigenvalue weighted by Crippen LogP contribution is -1.98. The van der Waals surface area contributed by atoms with Gasteiger partial charge in [-0.25, -0.2) is 4.39 Å². The summed E-state index contributed by atoms with van der Waals surface area (Å²) in [4.78, 5) is 12.9. The Hall–Kier alpha value is -3.00. The van der Waals surface area contributed by atoms with Crippen LogP contribution >= 0.6 is 0 Å². The first-order valence-electron chi connectivity index (χ1n) is 7.46. The van der Waals surface area contributed by atoms with E-state index in [4.69, 9.17) is 0 Å². The van der Waals surface area contributed by atoms with Crippen molar-refractivity contribution < 1.29 is 9.18 Å². The molecule has 1 nitrogen and oxygen atoms in total. The van der Waals surface area contributed by atoms with E-state index in [2.05, 4.69) is 0 Å². The predicted molar refractivity (Wildman–Crippen MR) is 89.5 cm³/mol. The SMILES string of the molecule is O=C1C(c2ccccc2)=C(c2ccccc2F)c2ccccc21. The van der Waals surface area contributed by atoms with Crippen LogP contribution in [0.2, 0.25) is 0 Å². The van der Waals surface area contributed by atoms with Crippen molar-refractivity contribution in [2.75, 3.05) is 0 Å². The third kappa shape index (κ3) is 2.11. The highest BCUT2D eigenvalue weighted by Crippen LogP contribution is 2.42. The number of carbonyl (C=O) groups excluding carboxylic acids is 1. The summed E-state index contributed by atoms with van der Waals surface area (Å²) in [7, 11) is 0. The summed E-state index contributed by atoms with van der Waals surface area (Å²) in [6.07, 6.45) is 0. The number of hydrogen-bond acceptors (Lipinski definition) is 1. The van der Waals surface area contributed by atoms with E-state index in [0.717, 1.165) is 11.1 Å². The molecular weight excluding hydrogens is 287 g/mol. The van der Waals surface area contributed by atoms with Crippen LogP contribution in [0.3, 0.4) is 0 Å². The molecule has 0 amide bonds. The third-order valence-corrected chi connectivity index (χ3v) is 4.12. The number of hydrogen-bond donors (Lipinski definition) is 0. The van der Waals surface area contributed by atoms with Gasteiger partial charge >= 0.3 is 0 Å². The maximum Gasteiger partial charge on any atom is 0.194 e. The van der Waals surface area contributed by atoms with Crippen LogP contribution in [0, 0.1) is 5.82 Å². The molecule has 3 aromatic carbocycles. The molecule has 0 unspecified atom stereocenters. The number of ketones is 1. The van der Waals surface area contributed by atoms with Crippen molar-refractivity contribution in [2.45, 2.75) is 0 Å². The molecule has 4 rings (SSSR count). The van der Waals surface area contributed by atoms with Gasteiger partial charge in [-0.15, -0.1) is 0 Å². The number of allylic oxidation sites excluding steroid dienone is 1. The van der Waals surface area contributed by atoms with Gasteiger partial charge in [0.1, 0.15) is 5.82 Å². The van der Waals surface area contributed by atoms with Crippen LogP contribution in [0.15, 0.2) is 78.9 Å². The van der Waals surface area contributed by atoms with Crippen molar-refractivity contribution >= 4 is 16.9 Å². The van der Waals surface area contributed by atoms with Gasteiger partial charge in [-0.05, 0) is 17.2 Å². The number of fused-ring (bicyclic) bond motifs is 1. The van der Waals surface area contributed by atoms with Crippen LogP contribution in [0.5, 0.6) is 0 Å². The van der Waals surface area contributed by atoms with Crippen molar-refractivity contribution in [1.82, 2.24) is 0 Å². The summed E-state index contributed by atoms with van der Waals surface area (Å²) >= 11 is 0. The van der Waals surface area contributed by atoms with Crippen molar-refractivity contribution in [3.63, 3.8) is 0 Å². The molecule has 0 saturated heterocycles. The first kappa shape index (κ1) is 13.6. The molecule has 1 aliphatic rings. The smallest absolute Gasteiger partial charge is 0.194 e. The zero-order valence-corrected chi connectivity index (χ0v) is 12.3. The predicted octanol–water partition coefficient (Wildman–Crippen LogP) is 4.98. The fraction of sp³-hybridized carbons (Fsp3) is 0. The minimum Gasteiger partial charge on any atom is -0.289 e. The Morgan fingerprint density at radius 2 is 1.13 bits per heavy atom. The lowest BCUT2D eigenvalue weighted by molar-refractivity contribution is 0.105. The number of benzene rings is 3. The summed E-state index contributed by atoms with van der Waals surface area (Å²) in [5.74, 6) is -0.370. The summed E-state index contributed by atoms with van der Waals surface area (Å²) in [6, 6.07) is 23.4. The average Bonchev–Trinajstić information content (AvgIpc) is 2.89. The molecule has 0 bridgehead atoms. The Bertz CT molecular complexity index is 939. The lowest BCUT2D eigenvalue weighted by Gasteiger charge is -2.09. The molecule has 0 radical (unpaired) electrons. The molecule has 0 atom stereocenters. The number of rotatable bonds is 2. The zero-order valence-electron chi connectivity index (χ0n) is 12.3. The highest BCUT2D eigenvalue weighted by molar-refractivity contribution is 6.41. The Labute approximate surface area is 133 Å². The van der Waals surface area contributed by atoms with Crippen molar-refractivity contribution in [3.8, 4) is 0 Å². The minimum atomic E-state index is -0.319. The quantitative estimate of drug-likeness (QED) is 0.652. The van der Waals surface area contributed by atoms with Crippen molar-refractivity contribution in [1.29, 1.82) is 0 Å². The molecular formula is C21H13FO. The summed E-state index contributed by atoms with van der Waals surface area (Å²) in [5.41, 5.74) is 3.94. The van der Waals surface area contributed by atoms with Crippen LogP contribution in [-0.4, -0.2) is 5.78 Å². The fourth-order valence-corrected chi connectivity index (χ4v) is 3.11. The second-order valence-electron chi connectivity index (χ2n) is 5.47. The van der Waals surface area contributed by atoms with Gasteiger partial charge in [-0.3, -0.25) is 4.79 Å². The van der Waals surface area contributed by atoms with E-state index in [1.807, 2.05) is 48.5 Å². The van der Waals surface area contributed by atoms with Gasteiger partial charge in [-0.1, -0.05) is 72.8 Å². The summed E-state index contributed by atoms with van der Waals surface area (Å²) in [5, 5.41) is 0. The molecule has 3 aromatic rings. The van der Waals surface area contributed by atoms with Gasteiger partial charge in [0.2, 0.25) is 0 Å². The number of halogens is 1. The Morgan fingerprint density at radius 1 is 0.565 bits per heavy atom. The maximum absolute atomic E-state index is 14.4. The van der Waals surface area contributed by atoms with E-state index >= 15 is 0 Å². The monoisotopic (exact) mass is 300 g/mol. The molecule has 0 saturated carbocycles. The van der Waals surface area contributed by atoms with Gasteiger partial charge in [0.25, 0.3) is 0 Å². The van der Waals surface area contributed by atoms with Gasteiger partial charge in [0.15, 0.2) is 5.78 Å². The van der Waals surface area contributed by atoms with E-state index in [0.29, 0.717) is 22.3 Å². The van der Waals surface area contributed by atoms with Gasteiger partial charge in [-0.2, -0.15) is 0 Å². The van der Waals surface area contributed by atoms with Crippen molar-refractivity contribution in [2.24, 2.45) is 0 Å². The highest BCUT2D eigenvalue weighted by Gasteiger charge is 2.31. The van der Waals surface area contributed by atoms with E-state index in [-0.39, 0.29) is 11.6 Å². The van der Waals surface area contributed by atoms with Crippen LogP contribution in [-0.2, 0) is 0 Å². The molecule has 0 fully saturated rings. The van der Waals surface area contributed by atoms with E-state index in [1.165, 1.54) is 6.07 Å². The largest absolute Gasteiger partial charge is 0.289 e. The molecule has 0 spiro atoms. The first-order chi connectivity index (χ1) is 11.3. The first-order valence-corrected chi connectivity index (χ1v) is 7.46. The van der Waals surface area contributed by atoms with Gasteiger partial charge < -0.3 is 0 Å². The van der Waals surface area contributed by atoms with Crippen LogP contribution in [0.25, 0.3) is 11.1 Å². The standard InChI is InChI=1S/C21H13FO/c22-18-13-7-6-12-17(18)20-15-10-4-5-11-16(15)21(23)19(20)14-8-2-1-3-9-14/h1-13H. The highest BCUT2D eigenvalue weighted by atomic mass is 19.1. The van der Waals surface area contributed by atoms with E-state index in [9.17, 15) is 9.18 Å². The molecule has 2 heteroatoms. The second-order valence-corrected chi connectivity index (χ2v) is 5.47. The molecule has 1 aliphatic carbocycles. The van der Waals surface area contributed by atoms with Gasteiger partial charge in [0.05, 0.1) is 0 Å². The minimum absolute atomic E-state index is 0.0509. The molecule has 23 heavy (non-hydrogen) atoms. The van der Waals surface area contributed by atoms with Gasteiger partial charge in [0, 0.05) is 22.3 Å². The topological polar surface area (TPSA) is 17.1 Å². The number of carbonyl (C=O) groups is 1. The lowest BCUT2D eigenvalue weighted by atomic mass is 9.94. The zero-order chi connectivity index (χ0) is 15.8. The number of Topliss-reactive ketones (excluding diaryl/α,β-unsaturated/α-hetero) is 1. The Kier molecular flexibility index (Phi) is 3.16. The van der Waals surface area contributed by atoms with E-state index in [1.54, 1.807) is 24.3 Å². The molecule has 0 aromatic heterocycles. The fourth-order valence-electron chi connectivity index (χ4n) is 3.11. The van der Waals surface area contributed by atoms with Crippen LogP contribution in [0.1, 0.15) is 27.0 Å². The Balaban J connectivity index is 2.08. The molecule has 110 valence electrons. The second kappa shape index (κ2) is 5.33. The van der Waals surface area contributed by atoms with Crippen molar-refractivity contribution in [3.05, 3.63) is 107 Å². The van der Waals surface area contributed by atoms with Crippen LogP contribution in [0.4, 0.5) is 4.39 Å². The maximum atomic E-state index is 14.4. The van der Waals surface area contributed by atoms with E-state index < -0.39 is 0 Å². The Morgan fingerprint density at radius 3 is 1.83 bits per heavy atom. The average molecular weight is 300 g/mol. The third-order valence-electron chi connectivity index (χ3n) is 4.12. The summed E-state index contributed by atoms with van der Waals surface area (Å²) in [6.45, 7) is 0. The normalized spacial score (nSPS) is 13.3. The molecule has 0 aliphatic heterocycles. The summed E-state index contributed by atoms with van der Waals surface area (Å²) < 4.78 is 14.4. The van der Waals surface area contributed by atoms with Crippen LogP contribution < -0.4 is 0 Å². The molecule has 0 heterocycles. The molecule has 0 N–H and O–H groups in total.